The third-order valence-electron chi connectivity index (χ3n) is 3.37. The van der Waals surface area contributed by atoms with E-state index in [1.54, 1.807) is 18.2 Å². The summed E-state index contributed by atoms with van der Waals surface area (Å²) in [5.41, 5.74) is 0.581. The maximum atomic E-state index is 11.9. The molecule has 2 rings (SSSR count). The molecule has 1 aliphatic rings. The van der Waals surface area contributed by atoms with Crippen LogP contribution in [0.1, 0.15) is 38.5 Å². The van der Waals surface area contributed by atoms with E-state index in [1.807, 2.05) is 0 Å². The second-order valence-electron chi connectivity index (χ2n) is 4.91. The third-order valence-corrected chi connectivity index (χ3v) is 3.92. The molecule has 0 aliphatic heterocycles. The molecule has 5 heteroatoms. The SMILES string of the molecule is O=C(Nc1ccc(Cl)cc1Cl)NC1CCCCCC1. The maximum absolute atomic E-state index is 11.9. The van der Waals surface area contributed by atoms with E-state index in [2.05, 4.69) is 10.6 Å². The molecule has 1 aliphatic carbocycles. The molecular weight excluding hydrogens is 283 g/mol. The smallest absolute Gasteiger partial charge is 0.319 e. The largest absolute Gasteiger partial charge is 0.335 e. The van der Waals surface area contributed by atoms with Gasteiger partial charge in [-0.2, -0.15) is 0 Å². The minimum atomic E-state index is -0.198. The van der Waals surface area contributed by atoms with Gasteiger partial charge in [-0.15, -0.1) is 0 Å². The summed E-state index contributed by atoms with van der Waals surface area (Å²) < 4.78 is 0. The molecule has 0 bridgehead atoms. The van der Waals surface area contributed by atoms with Crippen LogP contribution >= 0.6 is 23.2 Å². The highest BCUT2D eigenvalue weighted by Crippen LogP contribution is 2.25. The Morgan fingerprint density at radius 2 is 1.79 bits per heavy atom. The van der Waals surface area contributed by atoms with Gasteiger partial charge in [0.2, 0.25) is 0 Å². The average Bonchev–Trinajstić information content (AvgIpc) is 2.61. The van der Waals surface area contributed by atoms with Gasteiger partial charge in [-0.25, -0.2) is 4.79 Å². The van der Waals surface area contributed by atoms with Crippen molar-refractivity contribution in [3.8, 4) is 0 Å². The van der Waals surface area contributed by atoms with Crippen molar-refractivity contribution in [3.63, 3.8) is 0 Å². The van der Waals surface area contributed by atoms with E-state index in [4.69, 9.17) is 23.2 Å². The fourth-order valence-corrected chi connectivity index (χ4v) is 2.81. The summed E-state index contributed by atoms with van der Waals surface area (Å²) in [6.07, 6.45) is 7.02. The molecule has 3 nitrogen and oxygen atoms in total. The zero-order valence-corrected chi connectivity index (χ0v) is 12.2. The first kappa shape index (κ1) is 14.5. The van der Waals surface area contributed by atoms with Gasteiger partial charge in [0.25, 0.3) is 0 Å². The summed E-state index contributed by atoms with van der Waals surface area (Å²) in [5, 5.41) is 6.77. The lowest BCUT2D eigenvalue weighted by molar-refractivity contribution is 0.247. The molecule has 0 atom stereocenters. The fraction of sp³-hybridized carbons (Fsp3) is 0.500. The molecule has 0 saturated heterocycles. The summed E-state index contributed by atoms with van der Waals surface area (Å²) in [6.45, 7) is 0. The van der Waals surface area contributed by atoms with E-state index in [-0.39, 0.29) is 12.1 Å². The Kier molecular flexibility index (Phi) is 5.34. The molecule has 104 valence electrons. The molecule has 0 spiro atoms. The average molecular weight is 301 g/mol. The molecule has 1 aromatic rings. The molecule has 0 radical (unpaired) electrons. The van der Waals surface area contributed by atoms with Crippen LogP contribution in [0.3, 0.4) is 0 Å². The van der Waals surface area contributed by atoms with Crippen molar-refractivity contribution in [1.82, 2.24) is 5.32 Å². The number of hydrogen-bond acceptors (Lipinski definition) is 1. The van der Waals surface area contributed by atoms with Gasteiger partial charge in [0, 0.05) is 11.1 Å². The normalized spacial score (nSPS) is 16.7. The van der Waals surface area contributed by atoms with Gasteiger partial charge in [0.1, 0.15) is 0 Å². The molecule has 2 N–H and O–H groups in total. The highest BCUT2D eigenvalue weighted by Gasteiger charge is 2.15. The predicted octanol–water partition coefficient (Wildman–Crippen LogP) is 4.84. The summed E-state index contributed by atoms with van der Waals surface area (Å²) in [5.74, 6) is 0. The van der Waals surface area contributed by atoms with Crippen LogP contribution in [0.5, 0.6) is 0 Å². The molecule has 1 aromatic carbocycles. The Hall–Kier alpha value is -0.930. The van der Waals surface area contributed by atoms with Crippen LogP contribution in [0, 0.1) is 0 Å². The standard InChI is InChI=1S/C14H18Cl2N2O/c15-10-7-8-13(12(16)9-10)18-14(19)17-11-5-3-1-2-4-6-11/h7-9,11H,1-6H2,(H2,17,18,19). The number of carbonyl (C=O) groups is 1. The number of nitrogens with one attached hydrogen (secondary N) is 2. The van der Waals surface area contributed by atoms with Crippen molar-refractivity contribution in [1.29, 1.82) is 0 Å². The van der Waals surface area contributed by atoms with Gasteiger partial charge in [-0.1, -0.05) is 48.9 Å². The van der Waals surface area contributed by atoms with Gasteiger partial charge >= 0.3 is 6.03 Å². The number of carbonyl (C=O) groups excluding carboxylic acids is 1. The van der Waals surface area contributed by atoms with Crippen molar-refractivity contribution < 1.29 is 4.79 Å². The zero-order chi connectivity index (χ0) is 13.7. The number of hydrogen-bond donors (Lipinski definition) is 2. The maximum Gasteiger partial charge on any atom is 0.319 e. The van der Waals surface area contributed by atoms with Gasteiger partial charge in [-0.05, 0) is 31.0 Å². The third kappa shape index (κ3) is 4.59. The van der Waals surface area contributed by atoms with Crippen molar-refractivity contribution in [3.05, 3.63) is 28.2 Å². The van der Waals surface area contributed by atoms with Gasteiger partial charge in [0.05, 0.1) is 10.7 Å². The fourth-order valence-electron chi connectivity index (χ4n) is 2.36. The molecule has 2 amide bonds. The second kappa shape index (κ2) is 7.01. The van der Waals surface area contributed by atoms with Crippen molar-refractivity contribution in [2.45, 2.75) is 44.6 Å². The molecule has 0 unspecified atom stereocenters. The van der Waals surface area contributed by atoms with Gasteiger partial charge in [-0.3, -0.25) is 0 Å². The molecule has 1 saturated carbocycles. The minimum absolute atomic E-state index is 0.198. The van der Waals surface area contributed by atoms with Crippen molar-refractivity contribution >= 4 is 34.9 Å². The second-order valence-corrected chi connectivity index (χ2v) is 5.75. The van der Waals surface area contributed by atoms with Crippen LogP contribution in [0.25, 0.3) is 0 Å². The van der Waals surface area contributed by atoms with Crippen molar-refractivity contribution in [2.24, 2.45) is 0 Å². The van der Waals surface area contributed by atoms with E-state index in [9.17, 15) is 4.79 Å². The van der Waals surface area contributed by atoms with Gasteiger partial charge < -0.3 is 10.6 Å². The monoisotopic (exact) mass is 300 g/mol. The van der Waals surface area contributed by atoms with Crippen LogP contribution < -0.4 is 10.6 Å². The zero-order valence-electron chi connectivity index (χ0n) is 10.7. The van der Waals surface area contributed by atoms with E-state index in [0.717, 1.165) is 12.8 Å². The number of amides is 2. The Bertz CT molecular complexity index is 443. The first-order valence-corrected chi connectivity index (χ1v) is 7.43. The first-order valence-electron chi connectivity index (χ1n) is 6.68. The molecule has 0 aromatic heterocycles. The Morgan fingerprint density at radius 3 is 2.42 bits per heavy atom. The van der Waals surface area contributed by atoms with Crippen LogP contribution in [-0.2, 0) is 0 Å². The predicted molar refractivity (Wildman–Crippen MR) is 80.1 cm³/mol. The number of halogens is 2. The summed E-state index contributed by atoms with van der Waals surface area (Å²) in [4.78, 5) is 11.9. The number of urea groups is 1. The lowest BCUT2D eigenvalue weighted by atomic mass is 10.1. The van der Waals surface area contributed by atoms with Crippen molar-refractivity contribution in [2.75, 3.05) is 5.32 Å². The van der Waals surface area contributed by atoms with E-state index >= 15 is 0 Å². The van der Waals surface area contributed by atoms with Crippen LogP contribution in [0.15, 0.2) is 18.2 Å². The number of benzene rings is 1. The highest BCUT2D eigenvalue weighted by molar-refractivity contribution is 6.36. The van der Waals surface area contributed by atoms with E-state index in [1.165, 1.54) is 25.7 Å². The lowest BCUT2D eigenvalue weighted by Crippen LogP contribution is -2.37. The van der Waals surface area contributed by atoms with Gasteiger partial charge in [0.15, 0.2) is 0 Å². The Labute approximate surface area is 123 Å². The van der Waals surface area contributed by atoms with Crippen LogP contribution in [-0.4, -0.2) is 12.1 Å². The molecular formula is C14H18Cl2N2O. The van der Waals surface area contributed by atoms with E-state index in [0.29, 0.717) is 15.7 Å². The quantitative estimate of drug-likeness (QED) is 0.754. The Morgan fingerprint density at radius 1 is 1.11 bits per heavy atom. The topological polar surface area (TPSA) is 41.1 Å². The van der Waals surface area contributed by atoms with Crippen LogP contribution in [0.4, 0.5) is 10.5 Å². The number of rotatable bonds is 2. The molecule has 19 heavy (non-hydrogen) atoms. The minimum Gasteiger partial charge on any atom is -0.335 e. The highest BCUT2D eigenvalue weighted by atomic mass is 35.5. The molecule has 1 fully saturated rings. The number of anilines is 1. The summed E-state index contributed by atoms with van der Waals surface area (Å²) in [6, 6.07) is 5.10. The van der Waals surface area contributed by atoms with Crippen LogP contribution in [0.2, 0.25) is 10.0 Å². The lowest BCUT2D eigenvalue weighted by Gasteiger charge is -2.17. The summed E-state index contributed by atoms with van der Waals surface area (Å²) in [7, 11) is 0. The van der Waals surface area contributed by atoms with E-state index < -0.39 is 0 Å². The molecule has 0 heterocycles. The Balaban J connectivity index is 1.89. The first-order chi connectivity index (χ1) is 9.15. The summed E-state index contributed by atoms with van der Waals surface area (Å²) >= 11 is 11.8.